The van der Waals surface area contributed by atoms with Crippen molar-refractivity contribution in [1.29, 1.82) is 0 Å². The Morgan fingerprint density at radius 3 is 2.83 bits per heavy atom. The van der Waals surface area contributed by atoms with Crippen molar-refractivity contribution in [2.24, 2.45) is 5.73 Å². The van der Waals surface area contributed by atoms with E-state index in [0.717, 1.165) is 17.0 Å². The van der Waals surface area contributed by atoms with E-state index in [1.54, 1.807) is 41.5 Å². The van der Waals surface area contributed by atoms with Gasteiger partial charge in [0.1, 0.15) is 23.6 Å². The summed E-state index contributed by atoms with van der Waals surface area (Å²) >= 11 is 0. The van der Waals surface area contributed by atoms with Gasteiger partial charge in [-0.3, -0.25) is 24.6 Å². The summed E-state index contributed by atoms with van der Waals surface area (Å²) in [6.45, 7) is 5.13. The van der Waals surface area contributed by atoms with Crippen molar-refractivity contribution in [2.45, 2.75) is 32.9 Å². The summed E-state index contributed by atoms with van der Waals surface area (Å²) in [5.41, 5.74) is 9.83. The van der Waals surface area contributed by atoms with E-state index in [4.69, 9.17) is 10.5 Å². The number of hydrogen-bond donors (Lipinski definition) is 3. The maximum Gasteiger partial charge on any atom is 0.276 e. The summed E-state index contributed by atoms with van der Waals surface area (Å²) in [6.07, 6.45) is 5.77. The quantitative estimate of drug-likeness (QED) is 0.249. The number of nitrogens with two attached hydrogens (primary N) is 1. The lowest BCUT2D eigenvalue weighted by molar-refractivity contribution is 0.0995. The molecule has 0 unspecified atom stereocenters. The molecule has 0 spiro atoms. The number of amides is 2. The van der Waals surface area contributed by atoms with Crippen molar-refractivity contribution in [3.05, 3.63) is 71.9 Å². The number of nitrogens with one attached hydrogen (secondary N) is 2. The van der Waals surface area contributed by atoms with Gasteiger partial charge in [-0.05, 0) is 56.7 Å². The van der Waals surface area contributed by atoms with Crippen LogP contribution >= 0.6 is 0 Å². The van der Waals surface area contributed by atoms with Crippen LogP contribution < -0.4 is 21.1 Å². The predicted molar refractivity (Wildman–Crippen MR) is 152 cm³/mol. The molecule has 208 valence electrons. The highest BCUT2D eigenvalue weighted by Gasteiger charge is 2.29. The fraction of sp³-hybridized carbons (Fsp3) is 0.250. The van der Waals surface area contributed by atoms with Crippen LogP contribution in [0, 0.1) is 6.92 Å². The number of anilines is 2. The van der Waals surface area contributed by atoms with Gasteiger partial charge in [-0.15, -0.1) is 0 Å². The standard InChI is InChI=1S/C28H28N10O3/c1-3-37-22(11-16(2)36-37)26(40)35-28-34-21-12-18(25(29)39)13-23-24(21)38(28)19(15-41-23)6-9-31-27-32-10-7-20(33-27)17-5-4-8-30-14-17/h4-5,7-8,10-14,19H,3,6,9,15H2,1-2H3,(H2,29,39)(H,31,32,33)(H,34,35,40)/t19-/m0/s1. The minimum atomic E-state index is -0.589. The molecular formula is C28H28N10O3. The van der Waals surface area contributed by atoms with E-state index in [0.29, 0.717) is 60.5 Å². The molecule has 0 saturated carbocycles. The van der Waals surface area contributed by atoms with Crippen molar-refractivity contribution in [3.8, 4) is 17.0 Å². The Bertz CT molecular complexity index is 1760. The van der Waals surface area contributed by atoms with E-state index in [2.05, 4.69) is 35.7 Å². The summed E-state index contributed by atoms with van der Waals surface area (Å²) in [6, 6.07) is 10.4. The van der Waals surface area contributed by atoms with Crippen LogP contribution in [-0.2, 0) is 6.54 Å². The number of aryl methyl sites for hydroxylation is 2. The largest absolute Gasteiger partial charge is 0.489 e. The molecule has 0 radical (unpaired) electrons. The van der Waals surface area contributed by atoms with Gasteiger partial charge in [0.05, 0.1) is 22.9 Å². The number of hydrogen-bond acceptors (Lipinski definition) is 9. The molecule has 2 amide bonds. The van der Waals surface area contributed by atoms with E-state index in [-0.39, 0.29) is 17.5 Å². The van der Waals surface area contributed by atoms with E-state index >= 15 is 0 Å². The lowest BCUT2D eigenvalue weighted by atomic mass is 10.1. The van der Waals surface area contributed by atoms with Gasteiger partial charge >= 0.3 is 0 Å². The molecule has 13 nitrogen and oxygen atoms in total. The monoisotopic (exact) mass is 552 g/mol. The molecule has 5 heterocycles. The second-order valence-corrected chi connectivity index (χ2v) is 9.64. The number of pyridine rings is 1. The molecule has 1 aliphatic rings. The van der Waals surface area contributed by atoms with Crippen molar-refractivity contribution < 1.29 is 14.3 Å². The number of nitrogens with zero attached hydrogens (tertiary/aromatic N) is 7. The van der Waals surface area contributed by atoms with Crippen LogP contribution in [0.1, 0.15) is 45.9 Å². The van der Waals surface area contributed by atoms with Crippen LogP contribution in [0.25, 0.3) is 22.3 Å². The van der Waals surface area contributed by atoms with Crippen molar-refractivity contribution >= 4 is 34.7 Å². The van der Waals surface area contributed by atoms with E-state index in [9.17, 15) is 9.59 Å². The molecule has 4 aromatic heterocycles. The highest BCUT2D eigenvalue weighted by molar-refractivity contribution is 6.04. The van der Waals surface area contributed by atoms with Crippen LogP contribution in [-0.4, -0.2) is 59.2 Å². The molecule has 0 bridgehead atoms. The Labute approximate surface area is 234 Å². The minimum Gasteiger partial charge on any atom is -0.489 e. The average molecular weight is 553 g/mol. The molecule has 0 saturated heterocycles. The first-order valence-electron chi connectivity index (χ1n) is 13.2. The Kier molecular flexibility index (Phi) is 6.75. The molecule has 1 atom stereocenters. The van der Waals surface area contributed by atoms with Crippen LogP contribution in [0.3, 0.4) is 0 Å². The Balaban J connectivity index is 1.28. The van der Waals surface area contributed by atoms with Crippen LogP contribution in [0.15, 0.2) is 55.0 Å². The minimum absolute atomic E-state index is 0.186. The topological polar surface area (TPSA) is 168 Å². The van der Waals surface area contributed by atoms with E-state index < -0.39 is 5.91 Å². The smallest absolute Gasteiger partial charge is 0.276 e. The average Bonchev–Trinajstić information content (AvgIpc) is 3.55. The molecule has 5 aromatic rings. The molecule has 13 heteroatoms. The second-order valence-electron chi connectivity index (χ2n) is 9.64. The van der Waals surface area contributed by atoms with Crippen molar-refractivity contribution in [3.63, 3.8) is 0 Å². The summed E-state index contributed by atoms with van der Waals surface area (Å²) in [5.74, 6) is 0.392. The molecule has 0 fully saturated rings. The first-order valence-corrected chi connectivity index (χ1v) is 13.2. The number of rotatable bonds is 9. The maximum absolute atomic E-state index is 13.3. The Hall–Kier alpha value is -5.33. The summed E-state index contributed by atoms with van der Waals surface area (Å²) in [5, 5.41) is 10.6. The molecule has 4 N–H and O–H groups in total. The van der Waals surface area contributed by atoms with Crippen molar-refractivity contribution in [1.82, 2.24) is 34.3 Å². The van der Waals surface area contributed by atoms with Crippen LogP contribution in [0.2, 0.25) is 0 Å². The van der Waals surface area contributed by atoms with Gasteiger partial charge in [0, 0.05) is 42.8 Å². The van der Waals surface area contributed by atoms with E-state index in [1.165, 1.54) is 0 Å². The first kappa shape index (κ1) is 25.9. The Morgan fingerprint density at radius 2 is 2.05 bits per heavy atom. The summed E-state index contributed by atoms with van der Waals surface area (Å²) < 4.78 is 9.65. The number of ether oxygens (including phenoxy) is 1. The number of imidazole rings is 1. The normalized spacial score (nSPS) is 14.0. The highest BCUT2D eigenvalue weighted by Crippen LogP contribution is 2.38. The maximum atomic E-state index is 13.3. The zero-order valence-corrected chi connectivity index (χ0v) is 22.5. The zero-order valence-electron chi connectivity index (χ0n) is 22.5. The predicted octanol–water partition coefficient (Wildman–Crippen LogP) is 3.20. The molecule has 41 heavy (non-hydrogen) atoms. The fourth-order valence-corrected chi connectivity index (χ4v) is 4.97. The van der Waals surface area contributed by atoms with Crippen LogP contribution in [0.4, 0.5) is 11.9 Å². The molecule has 0 aliphatic carbocycles. The zero-order chi connectivity index (χ0) is 28.5. The van der Waals surface area contributed by atoms with Gasteiger partial charge in [0.15, 0.2) is 0 Å². The van der Waals surface area contributed by atoms with Gasteiger partial charge < -0.3 is 20.4 Å². The lowest BCUT2D eigenvalue weighted by Crippen LogP contribution is -2.27. The molecule has 1 aromatic carbocycles. The third kappa shape index (κ3) is 5.04. The van der Waals surface area contributed by atoms with Gasteiger partial charge in [-0.1, -0.05) is 0 Å². The third-order valence-corrected chi connectivity index (χ3v) is 6.86. The van der Waals surface area contributed by atoms with Gasteiger partial charge in [-0.25, -0.2) is 15.0 Å². The number of carbonyl (C=O) groups is 2. The summed E-state index contributed by atoms with van der Waals surface area (Å²) in [7, 11) is 0. The molecule has 6 rings (SSSR count). The number of aromatic nitrogens is 7. The fourth-order valence-electron chi connectivity index (χ4n) is 4.97. The second kappa shape index (κ2) is 10.7. The SMILES string of the molecule is CCn1nc(C)cc1C(=O)Nc1nc2cc(C(N)=O)cc3c2n1[C@@H](CCNc1nccc(-c2cccnc2)n1)CO3. The number of primary amides is 1. The number of carbonyl (C=O) groups excluding carboxylic acids is 2. The molecular weight excluding hydrogens is 524 g/mol. The van der Waals surface area contributed by atoms with Crippen molar-refractivity contribution in [2.75, 3.05) is 23.8 Å². The first-order chi connectivity index (χ1) is 19.9. The summed E-state index contributed by atoms with van der Waals surface area (Å²) in [4.78, 5) is 43.0. The Morgan fingerprint density at radius 1 is 1.17 bits per heavy atom. The van der Waals surface area contributed by atoms with Gasteiger partial charge in [0.2, 0.25) is 17.8 Å². The number of benzene rings is 1. The molecule has 1 aliphatic heterocycles. The van der Waals surface area contributed by atoms with Gasteiger partial charge in [-0.2, -0.15) is 5.10 Å². The van der Waals surface area contributed by atoms with Gasteiger partial charge in [0.25, 0.3) is 5.91 Å². The van der Waals surface area contributed by atoms with E-state index in [1.807, 2.05) is 36.6 Å². The lowest BCUT2D eigenvalue weighted by Gasteiger charge is -2.27. The third-order valence-electron chi connectivity index (χ3n) is 6.86. The van der Waals surface area contributed by atoms with Crippen LogP contribution in [0.5, 0.6) is 5.75 Å². The highest BCUT2D eigenvalue weighted by atomic mass is 16.5.